The van der Waals surface area contributed by atoms with E-state index in [0.717, 1.165) is 18.4 Å². The van der Waals surface area contributed by atoms with Gasteiger partial charge < -0.3 is 29.5 Å². The van der Waals surface area contributed by atoms with E-state index in [9.17, 15) is 24.9 Å². The van der Waals surface area contributed by atoms with Gasteiger partial charge in [0.05, 0.1) is 30.8 Å². The predicted molar refractivity (Wildman–Crippen MR) is 140 cm³/mol. The second-order valence-corrected chi connectivity index (χ2v) is 11.0. The van der Waals surface area contributed by atoms with E-state index < -0.39 is 35.9 Å². The number of rotatable bonds is 9. The maximum absolute atomic E-state index is 12.6. The van der Waals surface area contributed by atoms with Crippen molar-refractivity contribution in [3.05, 3.63) is 36.0 Å². The zero-order valence-corrected chi connectivity index (χ0v) is 23.1. The SMILES string of the molecule is CCC(O)CC1OC1CC(C)/C=C/C=C(\C)C1OC(=O)CC(O)CCC(C)(O)C(OC(C)=O)/C=C\C1C. The molecule has 2 aliphatic rings. The summed E-state index contributed by atoms with van der Waals surface area (Å²) in [6.45, 7) is 10.7. The molecule has 0 spiro atoms. The molecule has 0 aromatic heterocycles. The second kappa shape index (κ2) is 14.2. The highest BCUT2D eigenvalue weighted by atomic mass is 16.6. The summed E-state index contributed by atoms with van der Waals surface area (Å²) in [6.07, 6.45) is 9.29. The number of carbonyl (C=O) groups is 2. The van der Waals surface area contributed by atoms with Gasteiger partial charge in [-0.2, -0.15) is 0 Å². The minimum Gasteiger partial charge on any atom is -0.457 e. The van der Waals surface area contributed by atoms with E-state index in [0.29, 0.717) is 6.42 Å². The van der Waals surface area contributed by atoms with Gasteiger partial charge in [-0.25, -0.2) is 0 Å². The van der Waals surface area contributed by atoms with Crippen LogP contribution < -0.4 is 0 Å². The molecule has 9 atom stereocenters. The lowest BCUT2D eigenvalue weighted by molar-refractivity contribution is -0.157. The molecule has 2 rings (SSSR count). The summed E-state index contributed by atoms with van der Waals surface area (Å²) in [7, 11) is 0. The van der Waals surface area contributed by atoms with Crippen LogP contribution in [0.5, 0.6) is 0 Å². The average molecular weight is 523 g/mol. The van der Waals surface area contributed by atoms with E-state index in [2.05, 4.69) is 13.0 Å². The number of aliphatic hydroxyl groups excluding tert-OH is 2. The second-order valence-electron chi connectivity index (χ2n) is 11.0. The monoisotopic (exact) mass is 522 g/mol. The number of ether oxygens (including phenoxy) is 3. The summed E-state index contributed by atoms with van der Waals surface area (Å²) in [4.78, 5) is 24.2. The van der Waals surface area contributed by atoms with Crippen LogP contribution in [0.15, 0.2) is 36.0 Å². The van der Waals surface area contributed by atoms with Crippen LogP contribution in [0.2, 0.25) is 0 Å². The van der Waals surface area contributed by atoms with E-state index in [-0.39, 0.29) is 49.4 Å². The number of esters is 2. The van der Waals surface area contributed by atoms with Crippen molar-refractivity contribution in [2.75, 3.05) is 0 Å². The van der Waals surface area contributed by atoms with Crippen LogP contribution in [0.25, 0.3) is 0 Å². The van der Waals surface area contributed by atoms with Crippen molar-refractivity contribution < 1.29 is 39.1 Å². The Balaban J connectivity index is 2.11. The number of cyclic esters (lactones) is 1. The molecule has 0 amide bonds. The molecule has 37 heavy (non-hydrogen) atoms. The van der Waals surface area contributed by atoms with Crippen molar-refractivity contribution in [2.45, 2.75) is 122 Å². The minimum atomic E-state index is -1.40. The Hall–Kier alpha value is -2.00. The lowest BCUT2D eigenvalue weighted by atomic mass is 9.88. The molecular weight excluding hydrogens is 476 g/mol. The van der Waals surface area contributed by atoms with Gasteiger partial charge in [0.2, 0.25) is 0 Å². The summed E-state index contributed by atoms with van der Waals surface area (Å²) in [5.41, 5.74) is -0.577. The minimum absolute atomic E-state index is 0.137. The molecule has 0 saturated carbocycles. The van der Waals surface area contributed by atoms with Gasteiger partial charge >= 0.3 is 11.9 Å². The van der Waals surface area contributed by atoms with Gasteiger partial charge in [-0.1, -0.05) is 45.1 Å². The molecule has 0 aromatic rings. The van der Waals surface area contributed by atoms with Gasteiger partial charge in [0.15, 0.2) is 0 Å². The molecule has 0 aliphatic carbocycles. The van der Waals surface area contributed by atoms with Crippen molar-refractivity contribution in [3.8, 4) is 0 Å². The first kappa shape index (κ1) is 31.2. The largest absolute Gasteiger partial charge is 0.457 e. The highest BCUT2D eigenvalue weighted by Crippen LogP contribution is 2.33. The normalized spacial score (nSPS) is 36.1. The van der Waals surface area contributed by atoms with Crippen LogP contribution >= 0.6 is 0 Å². The first-order chi connectivity index (χ1) is 17.3. The number of carbonyl (C=O) groups excluding carboxylic acids is 2. The molecule has 210 valence electrons. The summed E-state index contributed by atoms with van der Waals surface area (Å²) in [6, 6.07) is 0. The molecule has 9 unspecified atom stereocenters. The topological polar surface area (TPSA) is 126 Å². The van der Waals surface area contributed by atoms with Crippen LogP contribution in [-0.2, 0) is 23.8 Å². The standard InChI is InChI=1S/C29H46O8/c1-7-22(31)16-25-24(36-25)15-18(2)9-8-10-19(3)28-20(4)11-12-26(35-21(5)30)29(6,34)14-13-23(32)17-27(33)37-28/h8-12,18,20,22-26,28,31-32,34H,7,13-17H2,1-6H3/b9-8+,12-11-,19-10+. The Morgan fingerprint density at radius 2 is 1.95 bits per heavy atom. The quantitative estimate of drug-likeness (QED) is 0.181. The maximum atomic E-state index is 12.6. The maximum Gasteiger partial charge on any atom is 0.309 e. The average Bonchev–Trinajstić information content (AvgIpc) is 3.53. The summed E-state index contributed by atoms with van der Waals surface area (Å²) < 4.78 is 16.8. The molecule has 0 bridgehead atoms. The van der Waals surface area contributed by atoms with E-state index >= 15 is 0 Å². The number of aliphatic hydroxyl groups is 3. The van der Waals surface area contributed by atoms with Crippen molar-refractivity contribution in [1.82, 2.24) is 0 Å². The highest BCUT2D eigenvalue weighted by Gasteiger charge is 2.40. The zero-order valence-electron chi connectivity index (χ0n) is 23.1. The van der Waals surface area contributed by atoms with Gasteiger partial charge in [-0.05, 0) is 57.1 Å². The van der Waals surface area contributed by atoms with E-state index in [1.165, 1.54) is 6.92 Å². The molecule has 0 aromatic carbocycles. The van der Waals surface area contributed by atoms with Crippen LogP contribution in [0.3, 0.4) is 0 Å². The first-order valence-electron chi connectivity index (χ1n) is 13.5. The summed E-state index contributed by atoms with van der Waals surface area (Å²) in [5, 5.41) is 31.0. The molecule has 3 N–H and O–H groups in total. The third kappa shape index (κ3) is 10.7. The smallest absolute Gasteiger partial charge is 0.309 e. The van der Waals surface area contributed by atoms with E-state index in [1.807, 2.05) is 32.9 Å². The van der Waals surface area contributed by atoms with Gasteiger partial charge in [-0.3, -0.25) is 9.59 Å². The number of hydrogen-bond acceptors (Lipinski definition) is 8. The third-order valence-corrected chi connectivity index (χ3v) is 7.13. The molecule has 2 heterocycles. The van der Waals surface area contributed by atoms with Gasteiger partial charge in [0, 0.05) is 19.3 Å². The molecule has 8 nitrogen and oxygen atoms in total. The first-order valence-corrected chi connectivity index (χ1v) is 13.5. The molecule has 1 fully saturated rings. The van der Waals surface area contributed by atoms with Crippen molar-refractivity contribution in [2.24, 2.45) is 11.8 Å². The molecular formula is C29H46O8. The lowest BCUT2D eigenvalue weighted by Crippen LogP contribution is -2.42. The van der Waals surface area contributed by atoms with Crippen LogP contribution in [0.4, 0.5) is 0 Å². The van der Waals surface area contributed by atoms with Crippen LogP contribution in [-0.4, -0.2) is 69.5 Å². The van der Waals surface area contributed by atoms with E-state index in [4.69, 9.17) is 14.2 Å². The number of hydrogen-bond donors (Lipinski definition) is 3. The van der Waals surface area contributed by atoms with E-state index in [1.54, 1.807) is 19.1 Å². The predicted octanol–water partition coefficient (Wildman–Crippen LogP) is 3.78. The lowest BCUT2D eigenvalue weighted by Gasteiger charge is -2.32. The Labute approximate surface area is 221 Å². The fourth-order valence-electron chi connectivity index (χ4n) is 4.60. The Kier molecular flexibility index (Phi) is 12.0. The fourth-order valence-corrected chi connectivity index (χ4v) is 4.60. The third-order valence-electron chi connectivity index (χ3n) is 7.13. The summed E-state index contributed by atoms with van der Waals surface area (Å²) >= 11 is 0. The van der Waals surface area contributed by atoms with Crippen molar-refractivity contribution in [3.63, 3.8) is 0 Å². The molecule has 2 aliphatic heterocycles. The van der Waals surface area contributed by atoms with Gasteiger partial charge in [0.25, 0.3) is 0 Å². The molecule has 0 radical (unpaired) electrons. The van der Waals surface area contributed by atoms with Crippen LogP contribution in [0.1, 0.15) is 80.1 Å². The zero-order chi connectivity index (χ0) is 27.8. The Bertz CT molecular complexity index is 845. The van der Waals surface area contributed by atoms with Gasteiger partial charge in [-0.15, -0.1) is 0 Å². The van der Waals surface area contributed by atoms with Crippen molar-refractivity contribution >= 4 is 11.9 Å². The van der Waals surface area contributed by atoms with Gasteiger partial charge in [0.1, 0.15) is 17.8 Å². The number of allylic oxidation sites excluding steroid dienone is 3. The molecule has 8 heteroatoms. The molecule has 1 saturated heterocycles. The fraction of sp³-hybridized carbons (Fsp3) is 0.724. The van der Waals surface area contributed by atoms with Crippen LogP contribution in [0, 0.1) is 11.8 Å². The van der Waals surface area contributed by atoms with Crippen molar-refractivity contribution in [1.29, 1.82) is 0 Å². The number of epoxide rings is 1. The highest BCUT2D eigenvalue weighted by molar-refractivity contribution is 5.70. The Morgan fingerprint density at radius 1 is 1.27 bits per heavy atom. The summed E-state index contributed by atoms with van der Waals surface area (Å²) in [5.74, 6) is -1.03. The Morgan fingerprint density at radius 3 is 2.59 bits per heavy atom.